The summed E-state index contributed by atoms with van der Waals surface area (Å²) in [5.41, 5.74) is 4.99. The molecule has 1 fully saturated rings. The van der Waals surface area contributed by atoms with Gasteiger partial charge in [0, 0.05) is 13.3 Å². The monoisotopic (exact) mass is 174 g/mol. The Balaban J connectivity index is 2.72. The topological polar surface area (TPSA) is 63.4 Å². The first kappa shape index (κ1) is 8.96. The summed E-state index contributed by atoms with van der Waals surface area (Å²) >= 11 is 0. The van der Waals surface area contributed by atoms with E-state index >= 15 is 0 Å². The Morgan fingerprint density at radius 3 is 2.50 bits per heavy atom. The van der Waals surface area contributed by atoms with E-state index in [1.807, 2.05) is 0 Å². The number of nitrogens with zero attached hydrogens (tertiary/aromatic N) is 1. The number of nitrogens with two attached hydrogens (primary N) is 1. The number of hydrogen-bond donors (Lipinski definition) is 1. The SMILES string of the molecule is CC(=O)N1CC(F)CC1C(N)=O. The lowest BCUT2D eigenvalue weighted by Crippen LogP contribution is -2.42. The lowest BCUT2D eigenvalue weighted by atomic mass is 10.2. The molecule has 2 amide bonds. The molecule has 0 aromatic carbocycles. The maximum Gasteiger partial charge on any atom is 0.240 e. The smallest absolute Gasteiger partial charge is 0.240 e. The standard InChI is InChI=1S/C7H11FN2O2/c1-4(11)10-3-5(8)2-6(10)7(9)12/h5-6H,2-3H2,1H3,(H2,9,12). The maximum absolute atomic E-state index is 12.7. The molecule has 0 aliphatic carbocycles. The second-order valence-corrected chi connectivity index (χ2v) is 2.92. The van der Waals surface area contributed by atoms with E-state index in [-0.39, 0.29) is 18.9 Å². The van der Waals surface area contributed by atoms with Gasteiger partial charge in [-0.05, 0) is 0 Å². The van der Waals surface area contributed by atoms with E-state index in [0.717, 1.165) is 0 Å². The molecule has 0 aromatic rings. The van der Waals surface area contributed by atoms with Gasteiger partial charge in [0.2, 0.25) is 11.8 Å². The molecule has 0 saturated carbocycles. The number of primary amides is 1. The van der Waals surface area contributed by atoms with E-state index in [9.17, 15) is 14.0 Å². The largest absolute Gasteiger partial charge is 0.368 e. The van der Waals surface area contributed by atoms with Gasteiger partial charge in [-0.15, -0.1) is 0 Å². The number of hydrogen-bond acceptors (Lipinski definition) is 2. The third-order valence-electron chi connectivity index (χ3n) is 1.98. The Kier molecular flexibility index (Phi) is 2.30. The summed E-state index contributed by atoms with van der Waals surface area (Å²) in [6, 6.07) is -0.752. The molecule has 2 N–H and O–H groups in total. The highest BCUT2D eigenvalue weighted by atomic mass is 19.1. The number of rotatable bonds is 1. The number of carbonyl (C=O) groups is 2. The first-order chi connectivity index (χ1) is 5.52. The summed E-state index contributed by atoms with van der Waals surface area (Å²) in [6.07, 6.45) is -1.08. The number of amides is 2. The predicted octanol–water partition coefficient (Wildman–Crippen LogP) is -0.569. The Morgan fingerprint density at radius 1 is 1.58 bits per heavy atom. The first-order valence-corrected chi connectivity index (χ1v) is 3.73. The maximum atomic E-state index is 12.7. The van der Waals surface area contributed by atoms with Crippen LogP contribution in [0.15, 0.2) is 0 Å². The first-order valence-electron chi connectivity index (χ1n) is 3.73. The predicted molar refractivity (Wildman–Crippen MR) is 39.9 cm³/mol. The Morgan fingerprint density at radius 2 is 2.17 bits per heavy atom. The van der Waals surface area contributed by atoms with E-state index in [0.29, 0.717) is 0 Å². The van der Waals surface area contributed by atoms with E-state index in [4.69, 9.17) is 5.73 Å². The summed E-state index contributed by atoms with van der Waals surface area (Å²) in [5, 5.41) is 0. The summed E-state index contributed by atoms with van der Waals surface area (Å²) in [5.74, 6) is -0.940. The fourth-order valence-electron chi connectivity index (χ4n) is 1.40. The van der Waals surface area contributed by atoms with Crippen LogP contribution in [-0.4, -0.2) is 35.5 Å². The van der Waals surface area contributed by atoms with Gasteiger partial charge in [0.1, 0.15) is 12.2 Å². The second kappa shape index (κ2) is 3.08. The van der Waals surface area contributed by atoms with Gasteiger partial charge in [0.15, 0.2) is 0 Å². The summed E-state index contributed by atoms with van der Waals surface area (Å²) in [7, 11) is 0. The number of halogens is 1. The Hall–Kier alpha value is -1.13. The Labute approximate surface area is 69.5 Å². The molecular weight excluding hydrogens is 163 g/mol. The minimum atomic E-state index is -1.12. The molecule has 12 heavy (non-hydrogen) atoms. The fraction of sp³-hybridized carbons (Fsp3) is 0.714. The quantitative estimate of drug-likeness (QED) is 0.578. The number of likely N-dealkylation sites (tertiary alicyclic amines) is 1. The molecule has 0 radical (unpaired) electrons. The van der Waals surface area contributed by atoms with Crippen molar-refractivity contribution >= 4 is 11.8 Å². The average Bonchev–Trinajstić information content (AvgIpc) is 2.31. The molecule has 2 atom stereocenters. The highest BCUT2D eigenvalue weighted by molar-refractivity contribution is 5.86. The minimum absolute atomic E-state index is 0.0110. The summed E-state index contributed by atoms with van der Waals surface area (Å²) in [6.45, 7) is 1.29. The van der Waals surface area contributed by atoms with Gasteiger partial charge in [-0.2, -0.15) is 0 Å². The second-order valence-electron chi connectivity index (χ2n) is 2.92. The van der Waals surface area contributed by atoms with Gasteiger partial charge < -0.3 is 10.6 Å². The van der Waals surface area contributed by atoms with Gasteiger partial charge >= 0.3 is 0 Å². The van der Waals surface area contributed by atoms with Crippen LogP contribution < -0.4 is 5.73 Å². The highest BCUT2D eigenvalue weighted by Crippen LogP contribution is 2.19. The van der Waals surface area contributed by atoms with Crippen LogP contribution in [0.4, 0.5) is 4.39 Å². The van der Waals surface area contributed by atoms with Gasteiger partial charge in [0.05, 0.1) is 6.54 Å². The van der Waals surface area contributed by atoms with E-state index in [1.165, 1.54) is 11.8 Å². The molecule has 1 saturated heterocycles. The number of alkyl halides is 1. The lowest BCUT2D eigenvalue weighted by Gasteiger charge is -2.19. The summed E-state index contributed by atoms with van der Waals surface area (Å²) < 4.78 is 12.7. The van der Waals surface area contributed by atoms with Crippen molar-refractivity contribution in [3.8, 4) is 0 Å². The molecule has 0 bridgehead atoms. The van der Waals surface area contributed by atoms with Crippen molar-refractivity contribution < 1.29 is 14.0 Å². The van der Waals surface area contributed by atoms with Crippen molar-refractivity contribution in [1.82, 2.24) is 4.90 Å². The van der Waals surface area contributed by atoms with Crippen LogP contribution in [0.5, 0.6) is 0 Å². The van der Waals surface area contributed by atoms with Gasteiger partial charge in [-0.1, -0.05) is 0 Å². The van der Waals surface area contributed by atoms with Crippen LogP contribution in [0.25, 0.3) is 0 Å². The normalized spacial score (nSPS) is 29.0. The highest BCUT2D eigenvalue weighted by Gasteiger charge is 2.36. The van der Waals surface area contributed by atoms with Crippen LogP contribution in [0.3, 0.4) is 0 Å². The van der Waals surface area contributed by atoms with Crippen LogP contribution >= 0.6 is 0 Å². The minimum Gasteiger partial charge on any atom is -0.368 e. The molecule has 0 aromatic heterocycles. The summed E-state index contributed by atoms with van der Waals surface area (Å²) in [4.78, 5) is 22.8. The van der Waals surface area contributed by atoms with Crippen LogP contribution in [0, 0.1) is 0 Å². The van der Waals surface area contributed by atoms with Gasteiger partial charge in [-0.25, -0.2) is 4.39 Å². The average molecular weight is 174 g/mol. The molecule has 0 spiro atoms. The molecule has 5 heteroatoms. The third-order valence-corrected chi connectivity index (χ3v) is 1.98. The van der Waals surface area contributed by atoms with Crippen molar-refractivity contribution in [3.63, 3.8) is 0 Å². The Bertz CT molecular complexity index is 197. The molecule has 1 rings (SSSR count). The van der Waals surface area contributed by atoms with E-state index in [1.54, 1.807) is 0 Å². The van der Waals surface area contributed by atoms with Crippen molar-refractivity contribution in [2.75, 3.05) is 6.54 Å². The molecule has 2 unspecified atom stereocenters. The van der Waals surface area contributed by atoms with Crippen molar-refractivity contribution in [3.05, 3.63) is 0 Å². The van der Waals surface area contributed by atoms with E-state index < -0.39 is 18.1 Å². The fourth-order valence-corrected chi connectivity index (χ4v) is 1.40. The molecule has 1 aliphatic rings. The van der Waals surface area contributed by atoms with Gasteiger partial charge in [0.25, 0.3) is 0 Å². The van der Waals surface area contributed by atoms with Gasteiger partial charge in [-0.3, -0.25) is 9.59 Å². The number of carbonyl (C=O) groups excluding carboxylic acids is 2. The van der Waals surface area contributed by atoms with Crippen molar-refractivity contribution in [1.29, 1.82) is 0 Å². The zero-order valence-electron chi connectivity index (χ0n) is 6.79. The van der Waals surface area contributed by atoms with Crippen LogP contribution in [-0.2, 0) is 9.59 Å². The zero-order chi connectivity index (χ0) is 9.30. The molecular formula is C7H11FN2O2. The molecule has 4 nitrogen and oxygen atoms in total. The lowest BCUT2D eigenvalue weighted by molar-refractivity contribution is -0.135. The molecule has 1 aliphatic heterocycles. The van der Waals surface area contributed by atoms with Crippen LogP contribution in [0.1, 0.15) is 13.3 Å². The van der Waals surface area contributed by atoms with Crippen molar-refractivity contribution in [2.24, 2.45) is 5.73 Å². The molecule has 1 heterocycles. The zero-order valence-corrected chi connectivity index (χ0v) is 6.79. The molecule has 68 valence electrons. The van der Waals surface area contributed by atoms with E-state index in [2.05, 4.69) is 0 Å². The van der Waals surface area contributed by atoms with Crippen molar-refractivity contribution in [2.45, 2.75) is 25.6 Å². The third kappa shape index (κ3) is 1.54. The van der Waals surface area contributed by atoms with Crippen LogP contribution in [0.2, 0.25) is 0 Å².